The number of Topliss-reactive ketones (excluding diaryl/α,β-unsaturated/α-hetero) is 1. The maximum absolute atomic E-state index is 12.9. The number of nitrogens with one attached hydrogen (secondary N) is 1. The zero-order chi connectivity index (χ0) is 20.5. The SMILES string of the molecule is [CH2]CC(=O)Nc1cccc(C(c2c(O)c3c(oc2=O)CCCCC3=O)C2CC2)c1. The molecule has 2 aliphatic rings. The molecular formula is C23H24NO5. The highest BCUT2D eigenvalue weighted by atomic mass is 16.4. The van der Waals surface area contributed by atoms with Crippen LogP contribution in [0.15, 0.2) is 33.5 Å². The van der Waals surface area contributed by atoms with E-state index in [9.17, 15) is 19.5 Å². The number of hydrogen-bond donors (Lipinski definition) is 2. The zero-order valence-corrected chi connectivity index (χ0v) is 16.2. The first-order valence-electron chi connectivity index (χ1n) is 10.1. The van der Waals surface area contributed by atoms with Gasteiger partial charge in [-0.3, -0.25) is 9.59 Å². The van der Waals surface area contributed by atoms with Gasteiger partial charge < -0.3 is 14.8 Å². The summed E-state index contributed by atoms with van der Waals surface area (Å²) in [5.41, 5.74) is 1.15. The lowest BCUT2D eigenvalue weighted by Gasteiger charge is -2.20. The molecule has 1 unspecified atom stereocenters. The smallest absolute Gasteiger partial charge is 0.343 e. The molecule has 0 aliphatic heterocycles. The number of fused-ring (bicyclic) bond motifs is 1. The van der Waals surface area contributed by atoms with Crippen molar-refractivity contribution < 1.29 is 19.1 Å². The summed E-state index contributed by atoms with van der Waals surface area (Å²) in [6.45, 7) is 3.57. The molecule has 4 rings (SSSR count). The molecule has 2 N–H and O–H groups in total. The van der Waals surface area contributed by atoms with E-state index in [4.69, 9.17) is 4.42 Å². The summed E-state index contributed by atoms with van der Waals surface area (Å²) in [5, 5.41) is 13.8. The van der Waals surface area contributed by atoms with Crippen molar-refractivity contribution in [1.29, 1.82) is 0 Å². The number of amides is 1. The largest absolute Gasteiger partial charge is 0.506 e. The summed E-state index contributed by atoms with van der Waals surface area (Å²) in [6.07, 6.45) is 4.24. The van der Waals surface area contributed by atoms with Gasteiger partial charge in [0.15, 0.2) is 5.78 Å². The molecule has 6 heteroatoms. The number of ketones is 1. The Labute approximate surface area is 168 Å². The number of carbonyl (C=O) groups is 2. The van der Waals surface area contributed by atoms with Crippen molar-refractivity contribution in [3.05, 3.63) is 64.1 Å². The van der Waals surface area contributed by atoms with Crippen LogP contribution in [-0.2, 0) is 11.2 Å². The van der Waals surface area contributed by atoms with E-state index in [1.807, 2.05) is 12.1 Å². The van der Waals surface area contributed by atoms with Gasteiger partial charge in [-0.15, -0.1) is 0 Å². The molecule has 0 bridgehead atoms. The molecule has 1 heterocycles. The maximum Gasteiger partial charge on any atom is 0.343 e. The Bertz CT molecular complexity index is 1020. The molecule has 29 heavy (non-hydrogen) atoms. The summed E-state index contributed by atoms with van der Waals surface area (Å²) in [5.74, 6) is -0.517. The molecule has 151 valence electrons. The Kier molecular flexibility index (Phi) is 5.26. The average molecular weight is 394 g/mol. The molecule has 1 aromatic heterocycles. The van der Waals surface area contributed by atoms with Crippen molar-refractivity contribution in [3.8, 4) is 5.75 Å². The van der Waals surface area contributed by atoms with Gasteiger partial charge >= 0.3 is 5.63 Å². The standard InChI is InChI=1S/C23H24NO5/c1-2-18(26)24-15-7-5-6-14(12-15)19(13-10-11-13)21-22(27)20-16(25)8-3-4-9-17(20)29-23(21)28/h5-7,12-13,19,27H,1-4,8-11H2,(H,24,26). The second-order valence-electron chi connectivity index (χ2n) is 7.82. The summed E-state index contributed by atoms with van der Waals surface area (Å²) in [7, 11) is 0. The summed E-state index contributed by atoms with van der Waals surface area (Å²) in [6, 6.07) is 7.25. The number of anilines is 1. The second-order valence-corrected chi connectivity index (χ2v) is 7.82. The minimum atomic E-state index is -0.583. The van der Waals surface area contributed by atoms with Gasteiger partial charge in [0.05, 0.1) is 11.1 Å². The average Bonchev–Trinajstić information content (AvgIpc) is 3.53. The molecule has 1 atom stereocenters. The number of rotatable bonds is 5. The topological polar surface area (TPSA) is 96.6 Å². The van der Waals surface area contributed by atoms with Crippen LogP contribution in [0.1, 0.15) is 71.7 Å². The highest BCUT2D eigenvalue weighted by Crippen LogP contribution is 2.49. The maximum atomic E-state index is 12.9. The van der Waals surface area contributed by atoms with E-state index in [-0.39, 0.29) is 46.8 Å². The quantitative estimate of drug-likeness (QED) is 0.748. The fourth-order valence-electron chi connectivity index (χ4n) is 4.15. The van der Waals surface area contributed by atoms with E-state index < -0.39 is 5.63 Å². The molecule has 1 fully saturated rings. The van der Waals surface area contributed by atoms with Crippen LogP contribution in [0.5, 0.6) is 5.75 Å². The van der Waals surface area contributed by atoms with Crippen molar-refractivity contribution >= 4 is 17.4 Å². The Morgan fingerprint density at radius 3 is 2.72 bits per heavy atom. The lowest BCUT2D eigenvalue weighted by atomic mass is 9.86. The number of hydrogen-bond acceptors (Lipinski definition) is 5. The molecule has 1 aromatic carbocycles. The lowest BCUT2D eigenvalue weighted by molar-refractivity contribution is -0.115. The van der Waals surface area contributed by atoms with Crippen LogP contribution in [0.25, 0.3) is 0 Å². The molecular weight excluding hydrogens is 370 g/mol. The van der Waals surface area contributed by atoms with Gasteiger partial charge in [-0.1, -0.05) is 12.1 Å². The van der Waals surface area contributed by atoms with E-state index in [0.717, 1.165) is 24.8 Å². The van der Waals surface area contributed by atoms with E-state index in [0.29, 0.717) is 30.7 Å². The third-order valence-electron chi connectivity index (χ3n) is 5.70. The van der Waals surface area contributed by atoms with Crippen LogP contribution in [0.4, 0.5) is 5.69 Å². The Hall–Kier alpha value is -2.89. The van der Waals surface area contributed by atoms with Gasteiger partial charge in [-0.05, 0) is 56.2 Å². The molecule has 2 aromatic rings. The molecule has 0 saturated heterocycles. The Balaban J connectivity index is 1.82. The predicted molar refractivity (Wildman–Crippen MR) is 108 cm³/mol. The summed E-state index contributed by atoms with van der Waals surface area (Å²) >= 11 is 0. The predicted octanol–water partition coefficient (Wildman–Crippen LogP) is 3.96. The number of benzene rings is 1. The zero-order valence-electron chi connectivity index (χ0n) is 16.2. The monoisotopic (exact) mass is 394 g/mol. The first-order valence-corrected chi connectivity index (χ1v) is 10.1. The molecule has 1 radical (unpaired) electrons. The second kappa shape index (κ2) is 7.85. The fraction of sp³-hybridized carbons (Fsp3) is 0.391. The molecule has 6 nitrogen and oxygen atoms in total. The van der Waals surface area contributed by atoms with Crippen LogP contribution in [0.3, 0.4) is 0 Å². The van der Waals surface area contributed by atoms with Gasteiger partial charge in [-0.25, -0.2) is 4.79 Å². The first-order chi connectivity index (χ1) is 14.0. The highest BCUT2D eigenvalue weighted by Gasteiger charge is 2.39. The molecule has 1 amide bonds. The third-order valence-corrected chi connectivity index (χ3v) is 5.70. The number of aryl methyl sites for hydroxylation is 1. The van der Waals surface area contributed by atoms with E-state index in [1.165, 1.54) is 0 Å². The first kappa shape index (κ1) is 19.4. The van der Waals surface area contributed by atoms with Crippen molar-refractivity contribution in [1.82, 2.24) is 0 Å². The van der Waals surface area contributed by atoms with E-state index in [1.54, 1.807) is 12.1 Å². The van der Waals surface area contributed by atoms with Gasteiger partial charge in [0.1, 0.15) is 11.5 Å². The van der Waals surface area contributed by atoms with Gasteiger partial charge in [0.25, 0.3) is 0 Å². The summed E-state index contributed by atoms with van der Waals surface area (Å²) in [4.78, 5) is 37.1. The third kappa shape index (κ3) is 3.84. The van der Waals surface area contributed by atoms with Gasteiger partial charge in [0, 0.05) is 30.9 Å². The van der Waals surface area contributed by atoms with Crippen molar-refractivity contribution in [2.24, 2.45) is 5.92 Å². The van der Waals surface area contributed by atoms with Gasteiger partial charge in [0.2, 0.25) is 5.91 Å². The molecule has 1 saturated carbocycles. The molecule has 0 spiro atoms. The number of carbonyl (C=O) groups excluding carboxylic acids is 2. The van der Waals surface area contributed by atoms with Crippen LogP contribution in [0, 0.1) is 12.8 Å². The van der Waals surface area contributed by atoms with E-state index >= 15 is 0 Å². The van der Waals surface area contributed by atoms with E-state index in [2.05, 4.69) is 12.2 Å². The van der Waals surface area contributed by atoms with Crippen LogP contribution in [-0.4, -0.2) is 16.8 Å². The lowest BCUT2D eigenvalue weighted by Crippen LogP contribution is -2.19. The molecule has 2 aliphatic carbocycles. The highest BCUT2D eigenvalue weighted by molar-refractivity contribution is 6.00. The van der Waals surface area contributed by atoms with Crippen molar-refractivity contribution in [2.75, 3.05) is 5.32 Å². The summed E-state index contributed by atoms with van der Waals surface area (Å²) < 4.78 is 5.54. The Morgan fingerprint density at radius 2 is 2.00 bits per heavy atom. The van der Waals surface area contributed by atoms with Gasteiger partial charge in [-0.2, -0.15) is 0 Å². The fourth-order valence-corrected chi connectivity index (χ4v) is 4.15. The minimum absolute atomic E-state index is 0.119. The normalized spacial score (nSPS) is 17.3. The van der Waals surface area contributed by atoms with Crippen LogP contribution < -0.4 is 10.9 Å². The van der Waals surface area contributed by atoms with Crippen LogP contribution >= 0.6 is 0 Å². The van der Waals surface area contributed by atoms with Crippen molar-refractivity contribution in [3.63, 3.8) is 0 Å². The number of aromatic hydroxyl groups is 1. The van der Waals surface area contributed by atoms with Crippen LogP contribution in [0.2, 0.25) is 0 Å². The minimum Gasteiger partial charge on any atom is -0.506 e. The Morgan fingerprint density at radius 1 is 1.24 bits per heavy atom. The van der Waals surface area contributed by atoms with Crippen molar-refractivity contribution in [2.45, 2.75) is 50.9 Å².